The first-order valence-electron chi connectivity index (χ1n) is 13.1. The lowest BCUT2D eigenvalue weighted by Crippen LogP contribution is -2.63. The van der Waals surface area contributed by atoms with Crippen LogP contribution in [0.15, 0.2) is 57.9 Å². The fraction of sp³-hybridized carbons (Fsp3) is 0.367. The zero-order chi connectivity index (χ0) is 31.3. The Hall–Kier alpha value is -4.91. The van der Waals surface area contributed by atoms with Gasteiger partial charge in [0.1, 0.15) is 36.1 Å². The molecule has 2 heterocycles. The molecule has 0 N–H and O–H groups in total. The lowest BCUT2D eigenvalue weighted by molar-refractivity contribution is -0.288. The molecule has 0 bridgehead atoms. The van der Waals surface area contributed by atoms with Crippen molar-refractivity contribution in [2.24, 2.45) is 0 Å². The highest BCUT2D eigenvalue weighted by atomic mass is 16.7. The standard InChI is InChI=1S/C30H30O13/c1-15(31)37-14-25-27(39-16(2)32)28(40-17(3)33)29(41-18(4)34)30(43-25)42-21-10-11-24-22(12-21)26(35)23(13-38-24)19-6-8-20(36-5)9-7-19/h6-13,25,27-30H,14H2,1-5H3/t25-,27-,28+,29-,30-/m0/s1. The van der Waals surface area contributed by atoms with E-state index in [4.69, 9.17) is 37.6 Å². The molecule has 1 saturated heterocycles. The maximum atomic E-state index is 13.5. The number of ether oxygens (including phenoxy) is 7. The van der Waals surface area contributed by atoms with Gasteiger partial charge in [-0.3, -0.25) is 24.0 Å². The Bertz CT molecular complexity index is 1560. The van der Waals surface area contributed by atoms with E-state index >= 15 is 0 Å². The Morgan fingerprint density at radius 2 is 1.37 bits per heavy atom. The molecule has 1 aliphatic heterocycles. The highest BCUT2D eigenvalue weighted by molar-refractivity contribution is 5.83. The molecule has 0 unspecified atom stereocenters. The van der Waals surface area contributed by atoms with Crippen LogP contribution in [0.3, 0.4) is 0 Å². The van der Waals surface area contributed by atoms with E-state index in [-0.39, 0.29) is 22.1 Å². The van der Waals surface area contributed by atoms with Crippen molar-refractivity contribution in [3.63, 3.8) is 0 Å². The third kappa shape index (κ3) is 7.49. The molecule has 1 aromatic heterocycles. The lowest BCUT2D eigenvalue weighted by atomic mass is 9.98. The number of hydrogen-bond acceptors (Lipinski definition) is 13. The van der Waals surface area contributed by atoms with Crippen LogP contribution in [0.4, 0.5) is 0 Å². The van der Waals surface area contributed by atoms with Crippen molar-refractivity contribution in [1.29, 1.82) is 0 Å². The molecule has 13 heteroatoms. The van der Waals surface area contributed by atoms with Gasteiger partial charge in [-0.05, 0) is 35.9 Å². The van der Waals surface area contributed by atoms with Crippen LogP contribution < -0.4 is 14.9 Å². The van der Waals surface area contributed by atoms with Gasteiger partial charge in [0.2, 0.25) is 17.8 Å². The van der Waals surface area contributed by atoms with Gasteiger partial charge in [0.05, 0.1) is 18.1 Å². The summed E-state index contributed by atoms with van der Waals surface area (Å²) in [5, 5.41) is 0.177. The van der Waals surface area contributed by atoms with E-state index in [0.717, 1.165) is 20.8 Å². The first kappa shape index (κ1) is 31.0. The molecule has 0 spiro atoms. The second kappa shape index (κ2) is 13.4. The van der Waals surface area contributed by atoms with Gasteiger partial charge in [-0.1, -0.05) is 12.1 Å². The van der Waals surface area contributed by atoms with Gasteiger partial charge in [0.15, 0.2) is 12.2 Å². The van der Waals surface area contributed by atoms with E-state index in [2.05, 4.69) is 0 Å². The Balaban J connectivity index is 1.73. The monoisotopic (exact) mass is 598 g/mol. The van der Waals surface area contributed by atoms with Crippen LogP contribution >= 0.6 is 0 Å². The second-order valence-electron chi connectivity index (χ2n) is 9.55. The van der Waals surface area contributed by atoms with Crippen LogP contribution in [0.5, 0.6) is 11.5 Å². The predicted molar refractivity (Wildman–Crippen MR) is 147 cm³/mol. The van der Waals surface area contributed by atoms with Crippen LogP contribution in [0.2, 0.25) is 0 Å². The normalized spacial score (nSPS) is 21.4. The molecule has 0 aliphatic carbocycles. The highest BCUT2D eigenvalue weighted by Crippen LogP contribution is 2.32. The molecule has 0 amide bonds. The first-order valence-corrected chi connectivity index (χ1v) is 13.1. The molecule has 1 aliphatic rings. The van der Waals surface area contributed by atoms with Crippen LogP contribution in [0.25, 0.3) is 22.1 Å². The van der Waals surface area contributed by atoms with Gasteiger partial charge < -0.3 is 37.6 Å². The number of hydrogen-bond donors (Lipinski definition) is 0. The number of fused-ring (bicyclic) bond motifs is 1. The van der Waals surface area contributed by atoms with E-state index in [1.165, 1.54) is 38.5 Å². The zero-order valence-corrected chi connectivity index (χ0v) is 24.0. The molecular formula is C30H30O13. The summed E-state index contributed by atoms with van der Waals surface area (Å²) in [5.41, 5.74) is 0.816. The van der Waals surface area contributed by atoms with Crippen molar-refractivity contribution in [2.75, 3.05) is 13.7 Å². The summed E-state index contributed by atoms with van der Waals surface area (Å²) in [7, 11) is 1.53. The highest BCUT2D eigenvalue weighted by Gasteiger charge is 2.53. The number of rotatable bonds is 9. The van der Waals surface area contributed by atoms with Crippen molar-refractivity contribution < 1.29 is 56.8 Å². The van der Waals surface area contributed by atoms with Crippen LogP contribution in [0.1, 0.15) is 27.7 Å². The summed E-state index contributed by atoms with van der Waals surface area (Å²) in [5.74, 6) is -2.23. The smallest absolute Gasteiger partial charge is 0.303 e. The van der Waals surface area contributed by atoms with Gasteiger partial charge in [0.25, 0.3) is 0 Å². The van der Waals surface area contributed by atoms with Crippen molar-refractivity contribution in [3.05, 3.63) is 59.0 Å². The topological polar surface area (TPSA) is 163 Å². The van der Waals surface area contributed by atoms with E-state index in [0.29, 0.717) is 16.9 Å². The number of methoxy groups -OCH3 is 1. The minimum absolute atomic E-state index is 0.104. The predicted octanol–water partition coefficient (Wildman–Crippen LogP) is 2.93. The van der Waals surface area contributed by atoms with E-state index in [9.17, 15) is 24.0 Å². The molecule has 13 nitrogen and oxygen atoms in total. The Kier molecular flexibility index (Phi) is 9.66. The molecule has 1 fully saturated rings. The van der Waals surface area contributed by atoms with Gasteiger partial charge in [0, 0.05) is 27.7 Å². The molecule has 0 radical (unpaired) electrons. The third-order valence-electron chi connectivity index (χ3n) is 6.35. The molecule has 43 heavy (non-hydrogen) atoms. The SMILES string of the molecule is COc1ccc(-c2coc3ccc(O[C@H]4O[C@@H](COC(C)=O)[C@H](OC(C)=O)[C@@H](OC(C)=O)[C@@H]4OC(C)=O)cc3c2=O)cc1. The molecule has 4 rings (SSSR count). The third-order valence-corrected chi connectivity index (χ3v) is 6.35. The maximum Gasteiger partial charge on any atom is 0.303 e. The Morgan fingerprint density at radius 1 is 0.767 bits per heavy atom. The van der Waals surface area contributed by atoms with Crippen LogP contribution in [-0.4, -0.2) is 68.3 Å². The quantitative estimate of drug-likeness (QED) is 0.261. The lowest BCUT2D eigenvalue weighted by Gasteiger charge is -2.43. The van der Waals surface area contributed by atoms with Crippen molar-refractivity contribution in [3.8, 4) is 22.6 Å². The first-order chi connectivity index (χ1) is 20.5. The summed E-state index contributed by atoms with van der Waals surface area (Å²) in [4.78, 5) is 61.1. The molecular weight excluding hydrogens is 568 g/mol. The average molecular weight is 599 g/mol. The summed E-state index contributed by atoms with van der Waals surface area (Å²) in [6.45, 7) is 4.12. The van der Waals surface area contributed by atoms with E-state index < -0.39 is 61.2 Å². The van der Waals surface area contributed by atoms with E-state index in [1.54, 1.807) is 24.3 Å². The van der Waals surface area contributed by atoms with Crippen LogP contribution in [-0.2, 0) is 42.9 Å². The van der Waals surface area contributed by atoms with Crippen molar-refractivity contribution >= 4 is 34.8 Å². The molecule has 3 aromatic rings. The van der Waals surface area contributed by atoms with E-state index in [1.807, 2.05) is 0 Å². The Morgan fingerprint density at radius 3 is 1.98 bits per heavy atom. The molecule has 5 atom stereocenters. The largest absolute Gasteiger partial charge is 0.497 e. The van der Waals surface area contributed by atoms with Gasteiger partial charge >= 0.3 is 23.9 Å². The number of carbonyl (C=O) groups excluding carboxylic acids is 4. The number of benzene rings is 2. The molecule has 0 saturated carbocycles. The zero-order valence-electron chi connectivity index (χ0n) is 24.0. The summed E-state index contributed by atoms with van der Waals surface area (Å²) in [6, 6.07) is 11.3. The number of carbonyl (C=O) groups is 4. The molecule has 2 aromatic carbocycles. The fourth-order valence-corrected chi connectivity index (χ4v) is 4.57. The van der Waals surface area contributed by atoms with Crippen molar-refractivity contribution in [2.45, 2.75) is 58.4 Å². The Labute approximate surface area is 245 Å². The van der Waals surface area contributed by atoms with Crippen LogP contribution in [0, 0.1) is 0 Å². The maximum absolute atomic E-state index is 13.5. The van der Waals surface area contributed by atoms with Crippen molar-refractivity contribution in [1.82, 2.24) is 0 Å². The number of esters is 4. The molecule has 228 valence electrons. The summed E-state index contributed by atoms with van der Waals surface area (Å²) in [6.07, 6.45) is -5.47. The minimum Gasteiger partial charge on any atom is -0.497 e. The fourth-order valence-electron chi connectivity index (χ4n) is 4.57. The second-order valence-corrected chi connectivity index (χ2v) is 9.55. The minimum atomic E-state index is -1.46. The van der Waals surface area contributed by atoms with Gasteiger partial charge in [-0.25, -0.2) is 0 Å². The van der Waals surface area contributed by atoms with Gasteiger partial charge in [-0.15, -0.1) is 0 Å². The average Bonchev–Trinajstić information content (AvgIpc) is 2.95. The summed E-state index contributed by atoms with van der Waals surface area (Å²) < 4.78 is 44.2. The van der Waals surface area contributed by atoms with Gasteiger partial charge in [-0.2, -0.15) is 0 Å². The summed E-state index contributed by atoms with van der Waals surface area (Å²) >= 11 is 0.